The molecule has 0 saturated heterocycles. The lowest BCUT2D eigenvalue weighted by Gasteiger charge is -2.15. The third kappa shape index (κ3) is 8.13. The van der Waals surface area contributed by atoms with Crippen LogP contribution in [0.2, 0.25) is 0 Å². The molecule has 158 valence electrons. The van der Waals surface area contributed by atoms with Gasteiger partial charge in [0.05, 0.1) is 12.9 Å². The van der Waals surface area contributed by atoms with Crippen LogP contribution in [-0.4, -0.2) is 46.9 Å². The number of nitrogens with one attached hydrogen (secondary N) is 1. The average molecular weight is 422 g/mol. The van der Waals surface area contributed by atoms with Crippen LogP contribution in [0.15, 0.2) is 48.5 Å². The van der Waals surface area contributed by atoms with E-state index in [1.807, 2.05) is 31.2 Å². The maximum Gasteiger partial charge on any atom is 0.306 e. The highest BCUT2D eigenvalue weighted by Crippen LogP contribution is 2.17. The molecule has 0 heterocycles. The van der Waals surface area contributed by atoms with Crippen LogP contribution in [0, 0.1) is 0 Å². The van der Waals surface area contributed by atoms with E-state index >= 15 is 0 Å². The second-order valence-electron chi connectivity index (χ2n) is 6.44. The van der Waals surface area contributed by atoms with Gasteiger partial charge >= 0.3 is 10.1 Å². The van der Waals surface area contributed by atoms with Crippen molar-refractivity contribution >= 4 is 16.0 Å². The van der Waals surface area contributed by atoms with Gasteiger partial charge in [0.15, 0.2) is 0 Å². The predicted octanol–water partition coefficient (Wildman–Crippen LogP) is 2.34. The summed E-state index contributed by atoms with van der Waals surface area (Å²) in [5, 5.41) is 2.61. The van der Waals surface area contributed by atoms with Crippen molar-refractivity contribution in [3.63, 3.8) is 0 Å². The average Bonchev–Trinajstić information content (AvgIpc) is 2.68. The fourth-order valence-electron chi connectivity index (χ4n) is 2.70. The highest BCUT2D eigenvalue weighted by Gasteiger charge is 2.17. The quantitative estimate of drug-likeness (QED) is 0.560. The summed E-state index contributed by atoms with van der Waals surface area (Å²) in [6.07, 6.45) is 1.67. The molecule has 8 heteroatoms. The van der Waals surface area contributed by atoms with Gasteiger partial charge in [-0.2, -0.15) is 8.42 Å². The zero-order valence-corrected chi connectivity index (χ0v) is 17.7. The summed E-state index contributed by atoms with van der Waals surface area (Å²) in [4.78, 5) is 11.8. The summed E-state index contributed by atoms with van der Waals surface area (Å²) in [6, 6.07) is 14.4. The van der Waals surface area contributed by atoms with Crippen LogP contribution in [0.4, 0.5) is 0 Å². The van der Waals surface area contributed by atoms with E-state index in [0.29, 0.717) is 26.1 Å². The Kier molecular flexibility index (Phi) is 8.48. The number of carbonyl (C=O) groups is 1. The Morgan fingerprint density at radius 2 is 1.59 bits per heavy atom. The van der Waals surface area contributed by atoms with Crippen molar-refractivity contribution in [3.05, 3.63) is 59.7 Å². The van der Waals surface area contributed by atoms with E-state index in [1.165, 1.54) is 0 Å². The number of hydrogen-bond acceptors (Lipinski definition) is 6. The molecule has 0 spiro atoms. The Bertz CT molecular complexity index is 878. The minimum atomic E-state index is -3.52. The van der Waals surface area contributed by atoms with Crippen molar-refractivity contribution in [2.45, 2.75) is 25.9 Å². The Labute approximate surface area is 172 Å². The van der Waals surface area contributed by atoms with Gasteiger partial charge in [-0.1, -0.05) is 24.3 Å². The fourth-order valence-corrected chi connectivity index (χ4v) is 3.16. The first-order chi connectivity index (χ1) is 13.8. The van der Waals surface area contributed by atoms with Crippen LogP contribution in [0.3, 0.4) is 0 Å². The van der Waals surface area contributed by atoms with Crippen LogP contribution in [-0.2, 0) is 32.5 Å². The maximum absolute atomic E-state index is 11.8. The van der Waals surface area contributed by atoms with Crippen LogP contribution >= 0.6 is 0 Å². The zero-order chi connectivity index (χ0) is 21.3. The number of rotatable bonds is 11. The lowest BCUT2D eigenvalue weighted by Crippen LogP contribution is -2.35. The smallest absolute Gasteiger partial charge is 0.306 e. The second kappa shape index (κ2) is 10.8. The van der Waals surface area contributed by atoms with Crippen molar-refractivity contribution in [2.75, 3.05) is 26.5 Å². The van der Waals surface area contributed by atoms with Crippen molar-refractivity contribution in [2.24, 2.45) is 0 Å². The van der Waals surface area contributed by atoms with Gasteiger partial charge in [-0.05, 0) is 42.3 Å². The topological polar surface area (TPSA) is 90.9 Å². The molecule has 7 nitrogen and oxygen atoms in total. The van der Waals surface area contributed by atoms with E-state index in [0.717, 1.165) is 23.1 Å². The molecule has 1 amide bonds. The summed E-state index contributed by atoms with van der Waals surface area (Å²) in [5.74, 6) is 0.883. The number of ether oxygens (including phenoxy) is 2. The van der Waals surface area contributed by atoms with Crippen LogP contribution in [0.5, 0.6) is 11.5 Å². The number of amides is 1. The Balaban J connectivity index is 1.83. The minimum Gasteiger partial charge on any atom is -0.493 e. The number of hydrogen-bond donors (Lipinski definition) is 1. The maximum atomic E-state index is 11.8. The third-order valence-electron chi connectivity index (χ3n) is 4.08. The van der Waals surface area contributed by atoms with Gasteiger partial charge in [0.2, 0.25) is 5.91 Å². The van der Waals surface area contributed by atoms with Crippen molar-refractivity contribution in [1.29, 1.82) is 0 Å². The summed E-state index contributed by atoms with van der Waals surface area (Å²) >= 11 is 0. The lowest BCUT2D eigenvalue weighted by atomic mass is 10.1. The van der Waals surface area contributed by atoms with Crippen molar-refractivity contribution in [1.82, 2.24) is 5.32 Å². The Morgan fingerprint density at radius 3 is 2.14 bits per heavy atom. The standard InChI is InChI=1S/C21H27NO6S/c1-4-26-20(21(23)22-2)15-17-7-9-18(10-8-17)27-14-13-16-5-11-19(12-6-16)28-29(3,24)25/h5-12,20H,4,13-15H2,1-3H3,(H,22,23)/t20-/m0/s1. The highest BCUT2D eigenvalue weighted by atomic mass is 32.2. The molecule has 0 aromatic heterocycles. The molecule has 2 aromatic carbocycles. The molecule has 1 N–H and O–H groups in total. The molecular weight excluding hydrogens is 394 g/mol. The Hall–Kier alpha value is -2.58. The van der Waals surface area contributed by atoms with E-state index < -0.39 is 16.2 Å². The molecule has 0 aliphatic heterocycles. The first-order valence-electron chi connectivity index (χ1n) is 9.34. The van der Waals surface area contributed by atoms with Gasteiger partial charge in [-0.15, -0.1) is 0 Å². The van der Waals surface area contributed by atoms with Crippen molar-refractivity contribution < 1.29 is 26.9 Å². The van der Waals surface area contributed by atoms with Crippen LogP contribution < -0.4 is 14.2 Å². The van der Waals surface area contributed by atoms with Gasteiger partial charge in [-0.25, -0.2) is 0 Å². The van der Waals surface area contributed by atoms with Crippen molar-refractivity contribution in [3.8, 4) is 11.5 Å². The predicted molar refractivity (Wildman–Crippen MR) is 111 cm³/mol. The minimum absolute atomic E-state index is 0.139. The molecule has 0 bridgehead atoms. The summed E-state index contributed by atoms with van der Waals surface area (Å²) in [6.45, 7) is 2.81. The molecule has 0 radical (unpaired) electrons. The van der Waals surface area contributed by atoms with E-state index in [1.54, 1.807) is 31.3 Å². The molecule has 0 fully saturated rings. The van der Waals surface area contributed by atoms with Gasteiger partial charge in [0.25, 0.3) is 0 Å². The molecule has 29 heavy (non-hydrogen) atoms. The normalized spacial score (nSPS) is 12.2. The molecule has 0 saturated carbocycles. The van der Waals surface area contributed by atoms with Gasteiger partial charge in [-0.3, -0.25) is 4.79 Å². The highest BCUT2D eigenvalue weighted by molar-refractivity contribution is 7.86. The van der Waals surface area contributed by atoms with E-state index in [-0.39, 0.29) is 11.7 Å². The van der Waals surface area contributed by atoms with Crippen LogP contribution in [0.25, 0.3) is 0 Å². The molecule has 2 rings (SSSR count). The third-order valence-corrected chi connectivity index (χ3v) is 4.58. The first-order valence-corrected chi connectivity index (χ1v) is 11.2. The fraction of sp³-hybridized carbons (Fsp3) is 0.381. The van der Waals surface area contributed by atoms with E-state index in [9.17, 15) is 13.2 Å². The van der Waals surface area contributed by atoms with E-state index in [4.69, 9.17) is 13.7 Å². The Morgan fingerprint density at radius 1 is 1.00 bits per heavy atom. The molecular formula is C21H27NO6S. The zero-order valence-electron chi connectivity index (χ0n) is 16.9. The van der Waals surface area contributed by atoms with E-state index in [2.05, 4.69) is 5.32 Å². The number of likely N-dealkylation sites (N-methyl/N-ethyl adjacent to an activating group) is 1. The number of carbonyl (C=O) groups excluding carboxylic acids is 1. The molecule has 2 aromatic rings. The SMILES string of the molecule is CCO[C@@H](Cc1ccc(OCCc2ccc(OS(C)(=O)=O)cc2)cc1)C(=O)NC. The molecule has 0 aliphatic carbocycles. The van der Waals surface area contributed by atoms with Gasteiger partial charge in [0.1, 0.15) is 17.6 Å². The van der Waals surface area contributed by atoms with Gasteiger partial charge < -0.3 is 19.0 Å². The summed E-state index contributed by atoms with van der Waals surface area (Å²) in [5.41, 5.74) is 1.99. The first kappa shape index (κ1) is 22.7. The summed E-state index contributed by atoms with van der Waals surface area (Å²) < 4.78 is 38.3. The molecule has 0 aliphatic rings. The monoisotopic (exact) mass is 421 g/mol. The molecule has 0 unspecified atom stereocenters. The van der Waals surface area contributed by atoms with Crippen LogP contribution in [0.1, 0.15) is 18.1 Å². The van der Waals surface area contributed by atoms with Gasteiger partial charge in [0, 0.05) is 26.5 Å². The largest absolute Gasteiger partial charge is 0.493 e. The lowest BCUT2D eigenvalue weighted by molar-refractivity contribution is -0.131. The second-order valence-corrected chi connectivity index (χ2v) is 8.01. The number of benzene rings is 2. The summed E-state index contributed by atoms with van der Waals surface area (Å²) in [7, 11) is -1.92. The molecule has 1 atom stereocenters.